The molecule has 5 heteroatoms. The molecule has 1 amide bonds. The largest absolute Gasteiger partial charge is 0.480 e. The number of carbonyl (C=O) groups is 2. The number of aliphatic carboxylic acids is 1. The summed E-state index contributed by atoms with van der Waals surface area (Å²) in [5.41, 5.74) is 0.964. The maximum Gasteiger partial charge on any atom is 0.326 e. The Balaban J connectivity index is 1.91. The van der Waals surface area contributed by atoms with E-state index in [9.17, 15) is 14.7 Å². The summed E-state index contributed by atoms with van der Waals surface area (Å²) in [6.07, 6.45) is 6.93. The molecule has 0 aliphatic rings. The summed E-state index contributed by atoms with van der Waals surface area (Å²) in [5.74, 6) is -1.44. The van der Waals surface area contributed by atoms with Crippen LogP contribution in [0.25, 0.3) is 10.9 Å². The molecule has 2 N–H and O–H groups in total. The molecule has 1 unspecified atom stereocenters. The van der Waals surface area contributed by atoms with E-state index in [1.165, 1.54) is 19.3 Å². The number of pyridine rings is 1. The Morgan fingerprint density at radius 1 is 1.04 bits per heavy atom. The number of carboxylic acid groups (broad SMARTS) is 1. The van der Waals surface area contributed by atoms with Crippen LogP contribution >= 0.6 is 0 Å². The van der Waals surface area contributed by atoms with Gasteiger partial charge in [0.25, 0.3) is 5.91 Å². The lowest BCUT2D eigenvalue weighted by molar-refractivity contribution is -0.139. The number of nitrogens with zero attached hydrogens (tertiary/aromatic N) is 1. The van der Waals surface area contributed by atoms with Crippen molar-refractivity contribution in [2.24, 2.45) is 0 Å². The Labute approximate surface area is 148 Å². The van der Waals surface area contributed by atoms with Gasteiger partial charge < -0.3 is 10.4 Å². The van der Waals surface area contributed by atoms with Crippen molar-refractivity contribution in [1.29, 1.82) is 0 Å². The molecule has 0 saturated carbocycles. The summed E-state index contributed by atoms with van der Waals surface area (Å²) in [6.45, 7) is 2.16. The molecule has 0 fully saturated rings. The number of nitrogens with one attached hydrogen (secondary N) is 1. The summed E-state index contributed by atoms with van der Waals surface area (Å²) < 4.78 is 0. The van der Waals surface area contributed by atoms with Gasteiger partial charge in [-0.15, -0.1) is 0 Å². The van der Waals surface area contributed by atoms with Gasteiger partial charge in [0.2, 0.25) is 0 Å². The molecule has 0 spiro atoms. The van der Waals surface area contributed by atoms with Crippen molar-refractivity contribution in [3.05, 3.63) is 42.1 Å². The maximum atomic E-state index is 12.3. The second-order valence-corrected chi connectivity index (χ2v) is 6.31. The van der Waals surface area contributed by atoms with Crippen LogP contribution in [0.15, 0.2) is 36.4 Å². The number of fused-ring (bicyclic) bond motifs is 1. The number of hydrogen-bond acceptors (Lipinski definition) is 3. The van der Waals surface area contributed by atoms with Crippen LogP contribution in [0, 0.1) is 0 Å². The summed E-state index contributed by atoms with van der Waals surface area (Å²) in [5, 5.41) is 12.9. The molecule has 2 rings (SSSR count). The monoisotopic (exact) mass is 342 g/mol. The van der Waals surface area contributed by atoms with Gasteiger partial charge in [-0.2, -0.15) is 0 Å². The molecule has 25 heavy (non-hydrogen) atoms. The highest BCUT2D eigenvalue weighted by atomic mass is 16.4. The van der Waals surface area contributed by atoms with Crippen molar-refractivity contribution >= 4 is 22.8 Å². The molecule has 0 aliphatic heterocycles. The molecular formula is C20H26N2O3. The highest BCUT2D eigenvalue weighted by Crippen LogP contribution is 2.13. The van der Waals surface area contributed by atoms with E-state index >= 15 is 0 Å². The fourth-order valence-corrected chi connectivity index (χ4v) is 2.81. The van der Waals surface area contributed by atoms with E-state index in [-0.39, 0.29) is 5.69 Å². The first-order valence-corrected chi connectivity index (χ1v) is 9.01. The molecule has 1 atom stereocenters. The van der Waals surface area contributed by atoms with E-state index < -0.39 is 17.9 Å². The number of carboxylic acids is 1. The van der Waals surface area contributed by atoms with Gasteiger partial charge in [-0.1, -0.05) is 69.7 Å². The highest BCUT2D eigenvalue weighted by Gasteiger charge is 2.20. The number of amides is 1. The lowest BCUT2D eigenvalue weighted by Crippen LogP contribution is -2.41. The van der Waals surface area contributed by atoms with Crippen molar-refractivity contribution in [3.8, 4) is 0 Å². The predicted molar refractivity (Wildman–Crippen MR) is 98.6 cm³/mol. The maximum absolute atomic E-state index is 12.3. The van der Waals surface area contributed by atoms with Gasteiger partial charge in [-0.25, -0.2) is 9.78 Å². The van der Waals surface area contributed by atoms with Gasteiger partial charge in [0, 0.05) is 5.39 Å². The number of hydrogen-bond donors (Lipinski definition) is 2. The molecule has 134 valence electrons. The standard InChI is InChI=1S/C20H26N2O3/c1-2-3-4-5-6-7-12-18(20(24)25)22-19(23)17-14-13-15-10-8-9-11-16(15)21-17/h8-11,13-14,18H,2-7,12H2,1H3,(H,22,23)(H,24,25). The van der Waals surface area contributed by atoms with Crippen LogP contribution in [0.3, 0.4) is 0 Å². The van der Waals surface area contributed by atoms with Crippen LogP contribution in [-0.4, -0.2) is 28.0 Å². The van der Waals surface area contributed by atoms with Gasteiger partial charge >= 0.3 is 5.97 Å². The van der Waals surface area contributed by atoms with Crippen molar-refractivity contribution < 1.29 is 14.7 Å². The Morgan fingerprint density at radius 3 is 2.52 bits per heavy atom. The third-order valence-electron chi connectivity index (χ3n) is 4.28. The Morgan fingerprint density at radius 2 is 1.76 bits per heavy atom. The molecule has 5 nitrogen and oxygen atoms in total. The first-order chi connectivity index (χ1) is 12.1. The average Bonchev–Trinajstić information content (AvgIpc) is 2.62. The average molecular weight is 342 g/mol. The molecule has 0 aliphatic carbocycles. The molecule has 0 bridgehead atoms. The third kappa shape index (κ3) is 5.85. The van der Waals surface area contributed by atoms with Crippen molar-refractivity contribution in [2.45, 2.75) is 57.9 Å². The topological polar surface area (TPSA) is 79.3 Å². The van der Waals surface area contributed by atoms with Gasteiger partial charge in [-0.3, -0.25) is 4.79 Å². The van der Waals surface area contributed by atoms with Crippen molar-refractivity contribution in [1.82, 2.24) is 10.3 Å². The van der Waals surface area contributed by atoms with E-state index in [2.05, 4.69) is 17.2 Å². The first kappa shape index (κ1) is 18.9. The van der Waals surface area contributed by atoms with Gasteiger partial charge in [0.1, 0.15) is 11.7 Å². The van der Waals surface area contributed by atoms with Crippen LogP contribution in [0.2, 0.25) is 0 Å². The minimum atomic E-state index is -0.998. The molecular weight excluding hydrogens is 316 g/mol. The number of unbranched alkanes of at least 4 members (excludes halogenated alkanes) is 5. The quantitative estimate of drug-likeness (QED) is 0.635. The molecule has 0 radical (unpaired) electrons. The first-order valence-electron chi connectivity index (χ1n) is 9.01. The lowest BCUT2D eigenvalue weighted by Gasteiger charge is -2.14. The smallest absolute Gasteiger partial charge is 0.326 e. The zero-order chi connectivity index (χ0) is 18.1. The van der Waals surface area contributed by atoms with Gasteiger partial charge in [0.15, 0.2) is 0 Å². The van der Waals surface area contributed by atoms with Gasteiger partial charge in [0.05, 0.1) is 5.52 Å². The fraction of sp³-hybridized carbons (Fsp3) is 0.450. The SMILES string of the molecule is CCCCCCCCC(NC(=O)c1ccc2ccccc2n1)C(=O)O. The number of rotatable bonds is 10. The summed E-state index contributed by atoms with van der Waals surface area (Å²) in [4.78, 5) is 28.1. The van der Waals surface area contributed by atoms with Crippen LogP contribution in [0.5, 0.6) is 0 Å². The molecule has 1 aromatic carbocycles. The molecule has 1 heterocycles. The third-order valence-corrected chi connectivity index (χ3v) is 4.28. The Hall–Kier alpha value is -2.43. The minimum absolute atomic E-state index is 0.243. The number of aromatic nitrogens is 1. The molecule has 0 saturated heterocycles. The van der Waals surface area contributed by atoms with Crippen molar-refractivity contribution in [3.63, 3.8) is 0 Å². The number of para-hydroxylation sites is 1. The normalized spacial score (nSPS) is 12.0. The lowest BCUT2D eigenvalue weighted by atomic mass is 10.1. The fourth-order valence-electron chi connectivity index (χ4n) is 2.81. The zero-order valence-electron chi connectivity index (χ0n) is 14.7. The summed E-state index contributed by atoms with van der Waals surface area (Å²) in [7, 11) is 0. The Kier molecular flexibility index (Phi) is 7.38. The number of carbonyl (C=O) groups excluding carboxylic acids is 1. The van der Waals surface area contributed by atoms with Crippen LogP contribution in [0.1, 0.15) is 62.4 Å². The second-order valence-electron chi connectivity index (χ2n) is 6.31. The zero-order valence-corrected chi connectivity index (χ0v) is 14.7. The van der Waals surface area contributed by atoms with E-state index in [1.54, 1.807) is 6.07 Å². The molecule has 1 aromatic heterocycles. The summed E-state index contributed by atoms with van der Waals surface area (Å²) >= 11 is 0. The molecule has 2 aromatic rings. The van der Waals surface area contributed by atoms with Crippen LogP contribution in [-0.2, 0) is 4.79 Å². The van der Waals surface area contributed by atoms with E-state index in [0.29, 0.717) is 6.42 Å². The van der Waals surface area contributed by atoms with Crippen LogP contribution < -0.4 is 5.32 Å². The van der Waals surface area contributed by atoms with E-state index in [1.807, 2.05) is 30.3 Å². The summed E-state index contributed by atoms with van der Waals surface area (Å²) in [6, 6.07) is 10.1. The van der Waals surface area contributed by atoms with E-state index in [0.717, 1.165) is 30.2 Å². The van der Waals surface area contributed by atoms with E-state index in [4.69, 9.17) is 0 Å². The van der Waals surface area contributed by atoms with Crippen molar-refractivity contribution in [2.75, 3.05) is 0 Å². The predicted octanol–water partition coefficient (Wildman–Crippen LogP) is 4.17. The Bertz CT molecular complexity index is 715. The second kappa shape index (κ2) is 9.77. The highest BCUT2D eigenvalue weighted by molar-refractivity contribution is 5.96. The van der Waals surface area contributed by atoms with Gasteiger partial charge in [-0.05, 0) is 18.6 Å². The number of benzene rings is 1. The minimum Gasteiger partial charge on any atom is -0.480 e. The van der Waals surface area contributed by atoms with Crippen LogP contribution in [0.4, 0.5) is 0 Å².